The van der Waals surface area contributed by atoms with Crippen LogP contribution in [0.1, 0.15) is 36.7 Å². The second-order valence-electron chi connectivity index (χ2n) is 6.48. The van der Waals surface area contributed by atoms with Gasteiger partial charge in [0.25, 0.3) is 5.91 Å². The van der Waals surface area contributed by atoms with E-state index < -0.39 is 5.97 Å². The highest BCUT2D eigenvalue weighted by Crippen LogP contribution is 2.36. The molecule has 0 spiro atoms. The Morgan fingerprint density at radius 3 is 2.52 bits per heavy atom. The van der Waals surface area contributed by atoms with Crippen LogP contribution in [-0.4, -0.2) is 46.8 Å². The van der Waals surface area contributed by atoms with E-state index in [0.717, 1.165) is 5.56 Å². The average Bonchev–Trinajstić information content (AvgIpc) is 3.04. The molecule has 0 saturated carbocycles. The summed E-state index contributed by atoms with van der Waals surface area (Å²) in [7, 11) is 0. The molecule has 0 unspecified atom stereocenters. The zero-order chi connectivity index (χ0) is 22.4. The van der Waals surface area contributed by atoms with Gasteiger partial charge in [0.15, 0.2) is 16.7 Å². The van der Waals surface area contributed by atoms with E-state index in [4.69, 9.17) is 9.47 Å². The lowest BCUT2D eigenvalue weighted by atomic mass is 10.2. The van der Waals surface area contributed by atoms with Gasteiger partial charge in [-0.3, -0.25) is 9.69 Å². The molecule has 8 heteroatoms. The van der Waals surface area contributed by atoms with Gasteiger partial charge in [-0.15, -0.1) is 0 Å². The lowest BCUT2D eigenvalue weighted by molar-refractivity contribution is -0.122. The third-order valence-corrected chi connectivity index (χ3v) is 5.39. The molecule has 162 valence electrons. The Balaban J connectivity index is 1.92. The van der Waals surface area contributed by atoms with Crippen molar-refractivity contribution in [1.82, 2.24) is 4.90 Å². The van der Waals surface area contributed by atoms with Crippen molar-refractivity contribution in [1.29, 1.82) is 0 Å². The van der Waals surface area contributed by atoms with Gasteiger partial charge >= 0.3 is 5.97 Å². The SMILES string of the molecule is CCOc1ccc(C=C2SC(=Nc3cccc(C(=O)O)c3)N(CC)C2=O)cc1OCC. The maximum absolute atomic E-state index is 12.9. The summed E-state index contributed by atoms with van der Waals surface area (Å²) >= 11 is 1.26. The number of hydrogen-bond acceptors (Lipinski definition) is 6. The number of carboxylic acid groups (broad SMARTS) is 1. The largest absolute Gasteiger partial charge is 0.490 e. The molecule has 3 rings (SSSR count). The van der Waals surface area contributed by atoms with E-state index in [1.165, 1.54) is 23.9 Å². The summed E-state index contributed by atoms with van der Waals surface area (Å²) in [6.45, 7) is 7.17. The number of likely N-dealkylation sites (N-methyl/N-ethyl adjacent to an activating group) is 1. The highest BCUT2D eigenvalue weighted by Gasteiger charge is 2.32. The molecule has 0 atom stereocenters. The van der Waals surface area contributed by atoms with E-state index in [1.807, 2.05) is 39.0 Å². The Labute approximate surface area is 185 Å². The third-order valence-electron chi connectivity index (χ3n) is 4.39. The van der Waals surface area contributed by atoms with Gasteiger partial charge in [-0.1, -0.05) is 12.1 Å². The van der Waals surface area contributed by atoms with Crippen molar-refractivity contribution in [2.45, 2.75) is 20.8 Å². The number of carbonyl (C=O) groups is 2. The van der Waals surface area contributed by atoms with E-state index in [0.29, 0.717) is 47.0 Å². The van der Waals surface area contributed by atoms with Gasteiger partial charge in [-0.05, 0) is 74.5 Å². The molecular weight excluding hydrogens is 416 g/mol. The molecule has 1 fully saturated rings. The molecule has 2 aromatic rings. The smallest absolute Gasteiger partial charge is 0.335 e. The lowest BCUT2D eigenvalue weighted by Crippen LogP contribution is -2.28. The van der Waals surface area contributed by atoms with Gasteiger partial charge < -0.3 is 14.6 Å². The lowest BCUT2D eigenvalue weighted by Gasteiger charge is -2.12. The zero-order valence-electron chi connectivity index (χ0n) is 17.6. The zero-order valence-corrected chi connectivity index (χ0v) is 18.4. The summed E-state index contributed by atoms with van der Waals surface area (Å²) in [4.78, 5) is 30.7. The van der Waals surface area contributed by atoms with Crippen LogP contribution in [0.25, 0.3) is 6.08 Å². The summed E-state index contributed by atoms with van der Waals surface area (Å²) in [5, 5.41) is 9.70. The Morgan fingerprint density at radius 2 is 1.84 bits per heavy atom. The Kier molecular flexibility index (Phi) is 7.36. The first-order valence-corrected chi connectivity index (χ1v) is 10.8. The number of ether oxygens (including phenoxy) is 2. The van der Waals surface area contributed by atoms with Crippen molar-refractivity contribution in [3.05, 3.63) is 58.5 Å². The monoisotopic (exact) mass is 440 g/mol. The molecule has 1 aliphatic rings. The number of aromatic carboxylic acids is 1. The van der Waals surface area contributed by atoms with E-state index in [1.54, 1.807) is 23.1 Å². The van der Waals surface area contributed by atoms with Gasteiger partial charge in [-0.25, -0.2) is 9.79 Å². The van der Waals surface area contributed by atoms with Crippen LogP contribution >= 0.6 is 11.8 Å². The minimum absolute atomic E-state index is 0.146. The van der Waals surface area contributed by atoms with Crippen LogP contribution in [0.5, 0.6) is 11.5 Å². The van der Waals surface area contributed by atoms with Crippen LogP contribution in [0.4, 0.5) is 5.69 Å². The molecule has 31 heavy (non-hydrogen) atoms. The molecule has 7 nitrogen and oxygen atoms in total. The summed E-state index contributed by atoms with van der Waals surface area (Å²) in [5.74, 6) is 0.117. The highest BCUT2D eigenvalue weighted by atomic mass is 32.2. The van der Waals surface area contributed by atoms with Gasteiger partial charge in [0.05, 0.1) is 29.4 Å². The summed E-state index contributed by atoms with van der Waals surface area (Å²) in [6.07, 6.45) is 1.80. The van der Waals surface area contributed by atoms with Crippen molar-refractivity contribution >= 4 is 40.6 Å². The number of aliphatic imine (C=N–C) groups is 1. The number of hydrogen-bond donors (Lipinski definition) is 1. The second-order valence-corrected chi connectivity index (χ2v) is 7.49. The fourth-order valence-corrected chi connectivity index (χ4v) is 4.06. The predicted molar refractivity (Wildman–Crippen MR) is 122 cm³/mol. The minimum Gasteiger partial charge on any atom is -0.490 e. The van der Waals surface area contributed by atoms with Crippen molar-refractivity contribution in [2.24, 2.45) is 4.99 Å². The summed E-state index contributed by atoms with van der Waals surface area (Å²) in [5.41, 5.74) is 1.44. The fraction of sp³-hybridized carbons (Fsp3) is 0.261. The molecule has 1 aliphatic heterocycles. The summed E-state index contributed by atoms with van der Waals surface area (Å²) in [6, 6.07) is 11.9. The van der Waals surface area contributed by atoms with Crippen LogP contribution in [0.2, 0.25) is 0 Å². The molecule has 1 heterocycles. The minimum atomic E-state index is -1.02. The topological polar surface area (TPSA) is 88.4 Å². The average molecular weight is 441 g/mol. The fourth-order valence-electron chi connectivity index (χ4n) is 3.00. The van der Waals surface area contributed by atoms with Crippen molar-refractivity contribution in [3.8, 4) is 11.5 Å². The highest BCUT2D eigenvalue weighted by molar-refractivity contribution is 8.18. The molecule has 2 aromatic carbocycles. The number of amides is 1. The van der Waals surface area contributed by atoms with Crippen LogP contribution in [0.3, 0.4) is 0 Å². The Hall–Kier alpha value is -3.26. The molecule has 0 bridgehead atoms. The van der Waals surface area contributed by atoms with E-state index in [2.05, 4.69) is 4.99 Å². The third kappa shape index (κ3) is 5.27. The van der Waals surface area contributed by atoms with Gasteiger partial charge in [0, 0.05) is 6.54 Å². The quantitative estimate of drug-likeness (QED) is 0.593. The van der Waals surface area contributed by atoms with Gasteiger partial charge in [0.2, 0.25) is 0 Å². The molecule has 0 radical (unpaired) electrons. The van der Waals surface area contributed by atoms with Gasteiger partial charge in [0.1, 0.15) is 0 Å². The molecule has 0 aliphatic carbocycles. The van der Waals surface area contributed by atoms with E-state index in [-0.39, 0.29) is 11.5 Å². The summed E-state index contributed by atoms with van der Waals surface area (Å²) < 4.78 is 11.3. The molecule has 1 saturated heterocycles. The Bertz CT molecular complexity index is 1050. The van der Waals surface area contributed by atoms with Crippen LogP contribution in [-0.2, 0) is 4.79 Å². The van der Waals surface area contributed by atoms with Crippen molar-refractivity contribution in [2.75, 3.05) is 19.8 Å². The molecular formula is C23H24N2O5S. The second kappa shape index (κ2) is 10.2. The van der Waals surface area contributed by atoms with Gasteiger partial charge in [-0.2, -0.15) is 0 Å². The number of benzene rings is 2. The first-order chi connectivity index (χ1) is 15.0. The maximum atomic E-state index is 12.9. The molecule has 1 N–H and O–H groups in total. The van der Waals surface area contributed by atoms with E-state index in [9.17, 15) is 14.7 Å². The van der Waals surface area contributed by atoms with Crippen molar-refractivity contribution in [3.63, 3.8) is 0 Å². The number of carboxylic acids is 1. The van der Waals surface area contributed by atoms with Crippen molar-refractivity contribution < 1.29 is 24.2 Å². The predicted octanol–water partition coefficient (Wildman–Crippen LogP) is 4.81. The first kappa shape index (κ1) is 22.4. The number of amidine groups is 1. The number of thioether (sulfide) groups is 1. The Morgan fingerprint density at radius 1 is 1.10 bits per heavy atom. The standard InChI is InChI=1S/C23H24N2O5S/c1-4-25-21(26)20(13-15-10-11-18(29-5-2)19(12-15)30-6-3)31-23(25)24-17-9-7-8-16(14-17)22(27)28/h7-14H,4-6H2,1-3H3,(H,27,28). The maximum Gasteiger partial charge on any atom is 0.335 e. The number of rotatable bonds is 8. The van der Waals surface area contributed by atoms with E-state index >= 15 is 0 Å². The normalized spacial score (nSPS) is 16.2. The first-order valence-electron chi connectivity index (χ1n) is 9.99. The molecule has 0 aromatic heterocycles. The van der Waals surface area contributed by atoms with Crippen LogP contribution in [0, 0.1) is 0 Å². The molecule has 1 amide bonds. The van der Waals surface area contributed by atoms with Crippen LogP contribution < -0.4 is 9.47 Å². The number of carbonyl (C=O) groups excluding carboxylic acids is 1. The van der Waals surface area contributed by atoms with Crippen LogP contribution in [0.15, 0.2) is 52.4 Å². The number of nitrogens with zero attached hydrogens (tertiary/aromatic N) is 2.